The molecule has 0 bridgehead atoms. The van der Waals surface area contributed by atoms with Crippen molar-refractivity contribution in [3.63, 3.8) is 0 Å². The lowest BCUT2D eigenvalue weighted by atomic mass is 9.95. The molecule has 1 saturated carbocycles. The summed E-state index contributed by atoms with van der Waals surface area (Å²) >= 11 is 3.50. The minimum Gasteiger partial charge on any atom is -0.361 e. The maximum absolute atomic E-state index is 5.17. The molecule has 1 fully saturated rings. The number of nitrogens with zero attached hydrogens (tertiary/aromatic N) is 4. The zero-order valence-electron chi connectivity index (χ0n) is 14.4. The van der Waals surface area contributed by atoms with Gasteiger partial charge in [0.25, 0.3) is 0 Å². The van der Waals surface area contributed by atoms with E-state index in [0.717, 1.165) is 34.6 Å². The second kappa shape index (κ2) is 7.74. The zero-order valence-corrected chi connectivity index (χ0v) is 16.0. The topological polar surface area (TPSA) is 56.7 Å². The molecule has 25 heavy (non-hydrogen) atoms. The van der Waals surface area contributed by atoms with E-state index in [9.17, 15) is 0 Å². The molecule has 3 aromatic rings. The molecule has 0 amide bonds. The maximum atomic E-state index is 5.17. The fourth-order valence-corrected chi connectivity index (χ4v) is 5.03. The van der Waals surface area contributed by atoms with Crippen molar-refractivity contribution >= 4 is 23.1 Å². The van der Waals surface area contributed by atoms with E-state index in [4.69, 9.17) is 4.52 Å². The molecule has 3 heterocycles. The molecule has 1 aliphatic rings. The average Bonchev–Trinajstić information content (AvgIpc) is 3.36. The van der Waals surface area contributed by atoms with Crippen LogP contribution in [0.15, 0.2) is 33.3 Å². The third kappa shape index (κ3) is 3.98. The third-order valence-electron chi connectivity index (χ3n) is 4.61. The van der Waals surface area contributed by atoms with Gasteiger partial charge in [-0.15, -0.1) is 21.5 Å². The Balaban J connectivity index is 1.57. The summed E-state index contributed by atoms with van der Waals surface area (Å²) in [6.45, 7) is 1.92. The second-order valence-corrected chi connectivity index (χ2v) is 8.51. The van der Waals surface area contributed by atoms with E-state index in [1.807, 2.05) is 13.0 Å². The Morgan fingerprint density at radius 2 is 2.16 bits per heavy atom. The van der Waals surface area contributed by atoms with E-state index in [-0.39, 0.29) is 0 Å². The summed E-state index contributed by atoms with van der Waals surface area (Å²) in [5, 5.41) is 16.3. The quantitative estimate of drug-likeness (QED) is 0.567. The minimum atomic E-state index is 0.528. The summed E-state index contributed by atoms with van der Waals surface area (Å²) < 4.78 is 7.57. The lowest BCUT2D eigenvalue weighted by Gasteiger charge is -2.25. The van der Waals surface area contributed by atoms with Gasteiger partial charge in [-0.3, -0.25) is 0 Å². The van der Waals surface area contributed by atoms with E-state index in [0.29, 0.717) is 6.04 Å². The number of hydrogen-bond acceptors (Lipinski definition) is 6. The molecule has 5 nitrogen and oxygen atoms in total. The fraction of sp³-hybridized carbons (Fsp3) is 0.500. The normalized spacial score (nSPS) is 15.7. The number of thiophene rings is 1. The lowest BCUT2D eigenvalue weighted by molar-refractivity contribution is 0.330. The Bertz CT molecular complexity index is 803. The monoisotopic (exact) mass is 374 g/mol. The molecular formula is C18H22N4OS2. The third-order valence-corrected chi connectivity index (χ3v) is 6.47. The number of hydrogen-bond donors (Lipinski definition) is 0. The van der Waals surface area contributed by atoms with Crippen LogP contribution >= 0.6 is 23.1 Å². The van der Waals surface area contributed by atoms with Gasteiger partial charge in [0, 0.05) is 29.2 Å². The van der Waals surface area contributed by atoms with Gasteiger partial charge in [0.2, 0.25) is 0 Å². The molecule has 3 aromatic heterocycles. The highest BCUT2D eigenvalue weighted by Gasteiger charge is 2.23. The van der Waals surface area contributed by atoms with Crippen LogP contribution in [0.25, 0.3) is 0 Å². The smallest absolute Gasteiger partial charge is 0.191 e. The van der Waals surface area contributed by atoms with E-state index in [1.165, 1.54) is 37.0 Å². The Labute approximate surface area is 155 Å². The SMILES string of the molecule is Cc1cc(CSc2nnc(Cc3cccs3)n2C2CCCCC2)no1. The van der Waals surface area contributed by atoms with Crippen LogP contribution in [0, 0.1) is 6.92 Å². The van der Waals surface area contributed by atoms with E-state index in [1.54, 1.807) is 23.1 Å². The Kier molecular flexibility index (Phi) is 5.22. The van der Waals surface area contributed by atoms with Crippen LogP contribution in [0.4, 0.5) is 0 Å². The first-order valence-electron chi connectivity index (χ1n) is 8.81. The average molecular weight is 375 g/mol. The summed E-state index contributed by atoms with van der Waals surface area (Å²) in [7, 11) is 0. The molecule has 0 atom stereocenters. The molecule has 0 aliphatic heterocycles. The summed E-state index contributed by atoms with van der Waals surface area (Å²) in [4.78, 5) is 1.34. The minimum absolute atomic E-state index is 0.528. The van der Waals surface area contributed by atoms with E-state index in [2.05, 4.69) is 37.4 Å². The molecule has 1 aliphatic carbocycles. The number of aryl methyl sites for hydroxylation is 1. The molecule has 0 unspecified atom stereocenters. The van der Waals surface area contributed by atoms with Gasteiger partial charge in [-0.1, -0.05) is 42.2 Å². The van der Waals surface area contributed by atoms with Crippen LogP contribution in [-0.2, 0) is 12.2 Å². The van der Waals surface area contributed by atoms with Crippen LogP contribution in [0.1, 0.15) is 60.3 Å². The van der Waals surface area contributed by atoms with Gasteiger partial charge in [0.15, 0.2) is 5.16 Å². The second-order valence-electron chi connectivity index (χ2n) is 6.53. The molecule has 0 N–H and O–H groups in total. The van der Waals surface area contributed by atoms with Crippen molar-refractivity contribution < 1.29 is 4.52 Å². The predicted molar refractivity (Wildman–Crippen MR) is 100 cm³/mol. The van der Waals surface area contributed by atoms with Crippen molar-refractivity contribution in [2.24, 2.45) is 0 Å². The standard InChI is InChI=1S/C18H22N4OS2/c1-13-10-14(21-23-13)12-25-18-20-19-17(11-16-8-5-9-24-16)22(18)15-6-3-2-4-7-15/h5,8-10,15H,2-4,6-7,11-12H2,1H3. The van der Waals surface area contributed by atoms with Gasteiger partial charge in [-0.25, -0.2) is 0 Å². The molecule has 0 saturated heterocycles. The Morgan fingerprint density at radius 1 is 1.28 bits per heavy atom. The summed E-state index contributed by atoms with van der Waals surface area (Å²) in [6, 6.07) is 6.79. The van der Waals surface area contributed by atoms with Gasteiger partial charge in [0.05, 0.1) is 5.69 Å². The molecule has 0 spiro atoms. The van der Waals surface area contributed by atoms with Gasteiger partial charge < -0.3 is 9.09 Å². The highest BCUT2D eigenvalue weighted by atomic mass is 32.2. The van der Waals surface area contributed by atoms with Crippen LogP contribution < -0.4 is 0 Å². The molecule has 0 aromatic carbocycles. The zero-order chi connectivity index (χ0) is 17.1. The Morgan fingerprint density at radius 3 is 2.88 bits per heavy atom. The number of thioether (sulfide) groups is 1. The molecule has 7 heteroatoms. The van der Waals surface area contributed by atoms with Gasteiger partial charge in [-0.05, 0) is 31.2 Å². The van der Waals surface area contributed by atoms with Gasteiger partial charge in [-0.2, -0.15) is 0 Å². The van der Waals surface area contributed by atoms with E-state index >= 15 is 0 Å². The van der Waals surface area contributed by atoms with Crippen LogP contribution in [-0.4, -0.2) is 19.9 Å². The van der Waals surface area contributed by atoms with Crippen molar-refractivity contribution in [3.05, 3.63) is 45.7 Å². The van der Waals surface area contributed by atoms with E-state index < -0.39 is 0 Å². The lowest BCUT2D eigenvalue weighted by Crippen LogP contribution is -2.16. The first-order chi connectivity index (χ1) is 12.3. The highest BCUT2D eigenvalue weighted by molar-refractivity contribution is 7.98. The van der Waals surface area contributed by atoms with Crippen molar-refractivity contribution in [1.29, 1.82) is 0 Å². The highest BCUT2D eigenvalue weighted by Crippen LogP contribution is 2.34. The number of rotatable bonds is 6. The predicted octanol–water partition coefficient (Wildman–Crippen LogP) is 5.02. The summed E-state index contributed by atoms with van der Waals surface area (Å²) in [6.07, 6.45) is 7.27. The largest absolute Gasteiger partial charge is 0.361 e. The van der Waals surface area contributed by atoms with Crippen molar-refractivity contribution in [2.45, 2.75) is 62.4 Å². The molecule has 4 rings (SSSR count). The molecule has 132 valence electrons. The first kappa shape index (κ1) is 16.8. The first-order valence-corrected chi connectivity index (χ1v) is 10.7. The van der Waals surface area contributed by atoms with Gasteiger partial charge in [0.1, 0.15) is 11.6 Å². The van der Waals surface area contributed by atoms with Crippen molar-refractivity contribution in [1.82, 2.24) is 19.9 Å². The summed E-state index contributed by atoms with van der Waals surface area (Å²) in [5.41, 5.74) is 0.959. The fourth-order valence-electron chi connectivity index (χ4n) is 3.43. The summed E-state index contributed by atoms with van der Waals surface area (Å²) in [5.74, 6) is 2.71. The molecular weight excluding hydrogens is 352 g/mol. The van der Waals surface area contributed by atoms with Crippen LogP contribution in [0.2, 0.25) is 0 Å². The van der Waals surface area contributed by atoms with Gasteiger partial charge >= 0.3 is 0 Å². The maximum Gasteiger partial charge on any atom is 0.191 e. The van der Waals surface area contributed by atoms with Crippen molar-refractivity contribution in [3.8, 4) is 0 Å². The van der Waals surface area contributed by atoms with Crippen LogP contribution in [0.5, 0.6) is 0 Å². The Hall–Kier alpha value is -1.60. The van der Waals surface area contributed by atoms with Crippen LogP contribution in [0.3, 0.4) is 0 Å². The molecule has 0 radical (unpaired) electrons. The van der Waals surface area contributed by atoms with Crippen molar-refractivity contribution in [2.75, 3.05) is 0 Å². The number of aromatic nitrogens is 4.